The topological polar surface area (TPSA) is 55.8 Å². The number of methoxy groups -OCH3 is 1. The molecular weight excluding hydrogens is 355 g/mol. The second-order valence-corrected chi connectivity index (χ2v) is 6.66. The molecule has 0 amide bonds. The molecule has 26 heavy (non-hydrogen) atoms. The van der Waals surface area contributed by atoms with Crippen molar-refractivity contribution < 1.29 is 23.8 Å². The minimum atomic E-state index is -0.984. The van der Waals surface area contributed by atoms with Crippen LogP contribution in [0.15, 0.2) is 59.5 Å². The fraction of sp³-hybridized carbons (Fsp3) is 0.150. The second kappa shape index (κ2) is 8.58. The van der Waals surface area contributed by atoms with Crippen LogP contribution in [0.1, 0.15) is 19.4 Å². The molecule has 2 rings (SSSR count). The number of para-hydroxylation sites is 1. The molecule has 136 valence electrons. The van der Waals surface area contributed by atoms with Gasteiger partial charge < -0.3 is 14.6 Å². The molecule has 0 bridgehead atoms. The molecule has 0 spiro atoms. The highest BCUT2D eigenvalue weighted by atomic mass is 32.2. The van der Waals surface area contributed by atoms with E-state index in [1.165, 1.54) is 19.2 Å². The van der Waals surface area contributed by atoms with Gasteiger partial charge in [-0.3, -0.25) is 0 Å². The molecule has 0 fully saturated rings. The van der Waals surface area contributed by atoms with Crippen molar-refractivity contribution >= 4 is 22.6 Å². The first-order valence-electron chi connectivity index (χ1n) is 7.71. The average Bonchev–Trinajstić information content (AvgIpc) is 2.61. The van der Waals surface area contributed by atoms with Crippen molar-refractivity contribution in [3.8, 4) is 17.2 Å². The predicted octanol–water partition coefficient (Wildman–Crippen LogP) is 5.71. The summed E-state index contributed by atoms with van der Waals surface area (Å²) in [5.41, 5.74) is 1.46. The number of carboxylic acids is 1. The molecule has 0 saturated heterocycles. The Kier molecular flexibility index (Phi) is 6.46. The van der Waals surface area contributed by atoms with Crippen LogP contribution in [0.25, 0.3) is 4.91 Å². The number of hydrogen-bond donors (Lipinski definition) is 1. The average molecular weight is 374 g/mol. The highest BCUT2D eigenvalue weighted by Gasteiger charge is 2.14. The number of halogens is 1. The van der Waals surface area contributed by atoms with Crippen LogP contribution in [0.5, 0.6) is 17.2 Å². The summed E-state index contributed by atoms with van der Waals surface area (Å²) in [6.45, 7) is 7.41. The van der Waals surface area contributed by atoms with E-state index in [9.17, 15) is 14.3 Å². The number of aliphatic carboxylic acids is 1. The van der Waals surface area contributed by atoms with Crippen molar-refractivity contribution in [3.05, 3.63) is 70.9 Å². The first-order valence-corrected chi connectivity index (χ1v) is 8.53. The predicted molar refractivity (Wildman–Crippen MR) is 102 cm³/mol. The van der Waals surface area contributed by atoms with E-state index in [2.05, 4.69) is 6.58 Å². The van der Waals surface area contributed by atoms with Gasteiger partial charge in [0.2, 0.25) is 5.75 Å². The molecule has 0 atom stereocenters. The van der Waals surface area contributed by atoms with Gasteiger partial charge in [-0.2, -0.15) is 0 Å². The number of allylic oxidation sites excluding steroid dienone is 1. The normalized spacial score (nSPS) is 10.2. The zero-order valence-corrected chi connectivity index (χ0v) is 15.5. The molecule has 0 aliphatic carbocycles. The number of carbonyl (C=O) groups is 1. The van der Waals surface area contributed by atoms with Crippen molar-refractivity contribution in [2.24, 2.45) is 0 Å². The monoisotopic (exact) mass is 374 g/mol. The van der Waals surface area contributed by atoms with Gasteiger partial charge in [-0.05, 0) is 43.7 Å². The van der Waals surface area contributed by atoms with Crippen LogP contribution in [0.2, 0.25) is 0 Å². The highest BCUT2D eigenvalue weighted by Crippen LogP contribution is 2.37. The first kappa shape index (κ1) is 19.6. The molecule has 0 radical (unpaired) electrons. The Morgan fingerprint density at radius 3 is 2.35 bits per heavy atom. The molecule has 2 aromatic rings. The van der Waals surface area contributed by atoms with Gasteiger partial charge in [-0.15, -0.1) is 0 Å². The Morgan fingerprint density at radius 1 is 1.15 bits per heavy atom. The third-order valence-corrected chi connectivity index (χ3v) is 4.69. The lowest BCUT2D eigenvalue weighted by Gasteiger charge is -2.12. The van der Waals surface area contributed by atoms with Crippen molar-refractivity contribution in [3.63, 3.8) is 0 Å². The van der Waals surface area contributed by atoms with E-state index < -0.39 is 11.8 Å². The summed E-state index contributed by atoms with van der Waals surface area (Å²) in [5.74, 6) is -0.779. The lowest BCUT2D eigenvalue weighted by molar-refractivity contribution is -0.131. The third-order valence-electron chi connectivity index (χ3n) is 3.42. The van der Waals surface area contributed by atoms with Gasteiger partial charge >= 0.3 is 5.97 Å². The van der Waals surface area contributed by atoms with Crippen LogP contribution < -0.4 is 9.47 Å². The largest absolute Gasteiger partial charge is 0.493 e. The van der Waals surface area contributed by atoms with E-state index >= 15 is 0 Å². The van der Waals surface area contributed by atoms with Crippen LogP contribution in [-0.4, -0.2) is 18.2 Å². The summed E-state index contributed by atoms with van der Waals surface area (Å²) in [6.07, 6.45) is 0. The molecule has 0 saturated carbocycles. The van der Waals surface area contributed by atoms with Gasteiger partial charge in [0.05, 0.1) is 12.0 Å². The summed E-state index contributed by atoms with van der Waals surface area (Å²) in [4.78, 5) is 12.1. The molecule has 0 heterocycles. The standard InChI is InChI=1S/C20H19FO4S/c1-12(2)19(20(22)23)26-13(3)14-8-10-15(11-9-14)25-18-16(21)6-5-7-17(18)24-4/h5-11H,3H2,1-2,4H3,(H,22,23). The maximum absolute atomic E-state index is 13.9. The Bertz CT molecular complexity index is 853. The molecule has 2 aromatic carbocycles. The molecule has 0 aliphatic rings. The number of carboxylic acid groups (broad SMARTS) is 1. The Balaban J connectivity index is 2.18. The fourth-order valence-corrected chi connectivity index (χ4v) is 2.91. The van der Waals surface area contributed by atoms with Gasteiger partial charge in [0.25, 0.3) is 0 Å². The van der Waals surface area contributed by atoms with Crippen LogP contribution >= 0.6 is 11.8 Å². The fourth-order valence-electron chi connectivity index (χ4n) is 2.12. The smallest absolute Gasteiger partial charge is 0.342 e. The zero-order valence-electron chi connectivity index (χ0n) is 14.7. The number of hydrogen-bond acceptors (Lipinski definition) is 4. The van der Waals surface area contributed by atoms with E-state index in [0.717, 1.165) is 17.3 Å². The second-order valence-electron chi connectivity index (χ2n) is 5.56. The summed E-state index contributed by atoms with van der Waals surface area (Å²) < 4.78 is 24.6. The summed E-state index contributed by atoms with van der Waals surface area (Å²) in [6, 6.07) is 11.2. The first-order chi connectivity index (χ1) is 12.3. The molecular formula is C20H19FO4S. The quantitative estimate of drug-likeness (QED) is 0.629. The number of rotatable bonds is 7. The molecule has 0 aliphatic heterocycles. The minimum Gasteiger partial charge on any atom is -0.493 e. The van der Waals surface area contributed by atoms with Crippen LogP contribution in [0.3, 0.4) is 0 Å². The van der Waals surface area contributed by atoms with Crippen molar-refractivity contribution in [2.45, 2.75) is 13.8 Å². The van der Waals surface area contributed by atoms with Crippen LogP contribution in [-0.2, 0) is 4.79 Å². The van der Waals surface area contributed by atoms with E-state index in [1.807, 2.05) is 0 Å². The highest BCUT2D eigenvalue weighted by molar-refractivity contribution is 8.12. The van der Waals surface area contributed by atoms with Gasteiger partial charge in [0.15, 0.2) is 11.6 Å². The van der Waals surface area contributed by atoms with Crippen molar-refractivity contribution in [1.82, 2.24) is 0 Å². The Hall–Kier alpha value is -2.73. The van der Waals surface area contributed by atoms with Gasteiger partial charge in [0.1, 0.15) is 5.75 Å². The maximum atomic E-state index is 13.9. The van der Waals surface area contributed by atoms with Crippen LogP contribution in [0, 0.1) is 5.82 Å². The number of benzene rings is 2. The lowest BCUT2D eigenvalue weighted by Crippen LogP contribution is -1.99. The van der Waals surface area contributed by atoms with Gasteiger partial charge in [0, 0.05) is 4.91 Å². The maximum Gasteiger partial charge on any atom is 0.342 e. The Labute approximate surface area is 156 Å². The summed E-state index contributed by atoms with van der Waals surface area (Å²) >= 11 is 1.10. The van der Waals surface area contributed by atoms with Crippen molar-refractivity contribution in [2.75, 3.05) is 7.11 Å². The van der Waals surface area contributed by atoms with E-state index in [0.29, 0.717) is 22.0 Å². The number of thioether (sulfide) groups is 1. The molecule has 1 N–H and O–H groups in total. The van der Waals surface area contributed by atoms with Crippen molar-refractivity contribution in [1.29, 1.82) is 0 Å². The van der Waals surface area contributed by atoms with Crippen LogP contribution in [0.4, 0.5) is 4.39 Å². The van der Waals surface area contributed by atoms with E-state index in [1.54, 1.807) is 44.2 Å². The minimum absolute atomic E-state index is 0.00801. The Morgan fingerprint density at radius 2 is 1.81 bits per heavy atom. The van der Waals surface area contributed by atoms with E-state index in [4.69, 9.17) is 9.47 Å². The molecule has 6 heteroatoms. The third kappa shape index (κ3) is 4.67. The van der Waals surface area contributed by atoms with E-state index in [-0.39, 0.29) is 10.7 Å². The summed E-state index contributed by atoms with van der Waals surface area (Å²) in [7, 11) is 1.44. The zero-order chi connectivity index (χ0) is 19.3. The van der Waals surface area contributed by atoms with Gasteiger partial charge in [-0.25, -0.2) is 9.18 Å². The molecule has 0 aromatic heterocycles. The summed E-state index contributed by atoms with van der Waals surface area (Å²) in [5, 5.41) is 9.24. The number of ether oxygens (including phenoxy) is 2. The van der Waals surface area contributed by atoms with Gasteiger partial charge in [-0.1, -0.05) is 42.1 Å². The molecule has 0 unspecified atom stereocenters. The SMILES string of the molecule is C=C(SC(C(=O)O)=C(C)C)c1ccc(Oc2c(F)cccc2OC)cc1. The lowest BCUT2D eigenvalue weighted by atomic mass is 10.2. The molecule has 4 nitrogen and oxygen atoms in total.